The molecule has 31 heavy (non-hydrogen) atoms. The lowest BCUT2D eigenvalue weighted by Gasteiger charge is -2.41. The average Bonchev–Trinajstić information content (AvgIpc) is 2.81. The zero-order chi connectivity index (χ0) is 22.2. The van der Waals surface area contributed by atoms with E-state index in [1.165, 1.54) is 127 Å². The zero-order valence-corrected chi connectivity index (χ0v) is 20.8. The largest absolute Gasteiger partial charge is 0.198 e. The maximum atomic E-state index is 10.2. The van der Waals surface area contributed by atoms with Gasteiger partial charge in [-0.1, -0.05) is 122 Å². The molecule has 1 aliphatic rings. The van der Waals surface area contributed by atoms with Gasteiger partial charge in [0, 0.05) is 0 Å². The molecule has 1 aromatic rings. The zero-order valence-electron chi connectivity index (χ0n) is 20.8. The van der Waals surface area contributed by atoms with Gasteiger partial charge in [-0.05, 0) is 55.1 Å². The summed E-state index contributed by atoms with van der Waals surface area (Å²) in [5.41, 5.74) is 3.11. The van der Waals surface area contributed by atoms with Gasteiger partial charge < -0.3 is 0 Å². The lowest BCUT2D eigenvalue weighted by Crippen LogP contribution is -2.33. The molecule has 0 bridgehead atoms. The lowest BCUT2D eigenvalue weighted by atomic mass is 9.62. The quantitative estimate of drug-likeness (QED) is 0.243. The Labute approximate surface area is 194 Å². The average molecular weight is 424 g/mol. The van der Waals surface area contributed by atoms with Gasteiger partial charge in [0.2, 0.25) is 0 Å². The van der Waals surface area contributed by atoms with E-state index in [0.29, 0.717) is 0 Å². The van der Waals surface area contributed by atoms with E-state index in [2.05, 4.69) is 44.2 Å². The molecule has 1 aliphatic carbocycles. The van der Waals surface area contributed by atoms with Gasteiger partial charge in [-0.15, -0.1) is 0 Å². The van der Waals surface area contributed by atoms with Gasteiger partial charge in [0.15, 0.2) is 0 Å². The Bertz CT molecular complexity index is 602. The smallest absolute Gasteiger partial charge is 0.0665 e. The molecule has 174 valence electrons. The molecule has 1 atom stereocenters. The third-order valence-corrected chi connectivity index (χ3v) is 7.80. The summed E-state index contributed by atoms with van der Waals surface area (Å²) >= 11 is 0. The van der Waals surface area contributed by atoms with E-state index in [-0.39, 0.29) is 11.3 Å². The van der Waals surface area contributed by atoms with Crippen LogP contribution in [0.1, 0.15) is 134 Å². The van der Waals surface area contributed by atoms with Crippen molar-refractivity contribution in [3.63, 3.8) is 0 Å². The van der Waals surface area contributed by atoms with Crippen molar-refractivity contribution in [1.29, 1.82) is 5.26 Å². The van der Waals surface area contributed by atoms with Crippen LogP contribution in [0.5, 0.6) is 0 Å². The Kier molecular flexibility index (Phi) is 13.0. The van der Waals surface area contributed by atoms with Gasteiger partial charge in [-0.25, -0.2) is 0 Å². The molecule has 1 heteroatoms. The van der Waals surface area contributed by atoms with Crippen LogP contribution in [0.4, 0.5) is 0 Å². The van der Waals surface area contributed by atoms with E-state index in [4.69, 9.17) is 0 Å². The first-order valence-electron chi connectivity index (χ1n) is 13.7. The maximum absolute atomic E-state index is 10.2. The Morgan fingerprint density at radius 3 is 1.90 bits per heavy atom. The topological polar surface area (TPSA) is 23.8 Å². The highest BCUT2D eigenvalue weighted by atomic mass is 14.4. The summed E-state index contributed by atoms with van der Waals surface area (Å²) in [5, 5.41) is 10.2. The minimum absolute atomic E-state index is 0.184. The summed E-state index contributed by atoms with van der Waals surface area (Å²) in [6.07, 6.45) is 24.8. The van der Waals surface area contributed by atoms with Gasteiger partial charge in [-0.3, -0.25) is 0 Å². The number of rotatable bonds is 16. The van der Waals surface area contributed by atoms with Crippen molar-refractivity contribution in [3.8, 4) is 6.07 Å². The molecule has 0 N–H and O–H groups in total. The number of nitriles is 1. The molecule has 1 nitrogen and oxygen atoms in total. The van der Waals surface area contributed by atoms with Crippen LogP contribution in [0.25, 0.3) is 0 Å². The molecule has 0 aliphatic heterocycles. The molecule has 0 radical (unpaired) electrons. The Morgan fingerprint density at radius 2 is 1.29 bits per heavy atom. The monoisotopic (exact) mass is 423 g/mol. The Morgan fingerprint density at radius 1 is 0.742 bits per heavy atom. The number of hydrogen-bond donors (Lipinski definition) is 0. The third kappa shape index (κ3) is 9.39. The molecule has 1 fully saturated rings. The number of nitrogens with zero attached hydrogens (tertiary/aromatic N) is 1. The number of benzene rings is 1. The lowest BCUT2D eigenvalue weighted by molar-refractivity contribution is 0.110. The molecule has 0 aromatic heterocycles. The highest BCUT2D eigenvalue weighted by molar-refractivity contribution is 5.24. The predicted molar refractivity (Wildman–Crippen MR) is 135 cm³/mol. The first-order chi connectivity index (χ1) is 15.2. The second-order valence-electron chi connectivity index (χ2n) is 10.3. The van der Waals surface area contributed by atoms with Crippen molar-refractivity contribution in [3.05, 3.63) is 35.4 Å². The Hall–Kier alpha value is -1.29. The van der Waals surface area contributed by atoms with Crippen molar-refractivity contribution < 1.29 is 0 Å². The van der Waals surface area contributed by atoms with E-state index in [0.717, 1.165) is 6.42 Å². The summed E-state index contributed by atoms with van der Waals surface area (Å²) in [4.78, 5) is 0. The highest BCUT2D eigenvalue weighted by Crippen LogP contribution is 2.47. The molecule has 2 rings (SSSR count). The molecule has 0 saturated heterocycles. The molecule has 1 saturated carbocycles. The van der Waals surface area contributed by atoms with Crippen molar-refractivity contribution in [2.75, 3.05) is 0 Å². The molecule has 1 unspecified atom stereocenters. The van der Waals surface area contributed by atoms with Crippen molar-refractivity contribution in [2.45, 2.75) is 136 Å². The van der Waals surface area contributed by atoms with Crippen molar-refractivity contribution in [1.82, 2.24) is 0 Å². The van der Waals surface area contributed by atoms with Crippen LogP contribution in [0.15, 0.2) is 24.3 Å². The molecule has 0 amide bonds. The fourth-order valence-corrected chi connectivity index (χ4v) is 5.70. The van der Waals surface area contributed by atoms with Gasteiger partial charge in [0.1, 0.15) is 0 Å². The van der Waals surface area contributed by atoms with Gasteiger partial charge in [-0.2, -0.15) is 5.26 Å². The summed E-state index contributed by atoms with van der Waals surface area (Å²) < 4.78 is 0. The maximum Gasteiger partial charge on any atom is 0.0665 e. The van der Waals surface area contributed by atoms with Crippen LogP contribution in [0, 0.1) is 22.7 Å². The number of aryl methyl sites for hydroxylation is 1. The second-order valence-corrected chi connectivity index (χ2v) is 10.3. The molecule has 0 heterocycles. The minimum Gasteiger partial charge on any atom is -0.198 e. The first kappa shape index (κ1) is 26.0. The van der Waals surface area contributed by atoms with Gasteiger partial charge in [0.25, 0.3) is 0 Å². The Balaban J connectivity index is 1.87. The van der Waals surface area contributed by atoms with Gasteiger partial charge in [0.05, 0.1) is 12.0 Å². The second kappa shape index (κ2) is 15.5. The van der Waals surface area contributed by atoms with Crippen LogP contribution < -0.4 is 0 Å². The molecular formula is C30H49N. The van der Waals surface area contributed by atoms with E-state index >= 15 is 0 Å². The fraction of sp³-hybridized carbons (Fsp3) is 0.767. The van der Waals surface area contributed by atoms with E-state index in [1.54, 1.807) is 0 Å². The highest BCUT2D eigenvalue weighted by Gasteiger charge is 2.39. The van der Waals surface area contributed by atoms with Crippen LogP contribution in [-0.2, 0) is 12.8 Å². The van der Waals surface area contributed by atoms with Crippen LogP contribution in [-0.4, -0.2) is 0 Å². The van der Waals surface area contributed by atoms with E-state index in [9.17, 15) is 5.26 Å². The summed E-state index contributed by atoms with van der Waals surface area (Å²) in [7, 11) is 0. The fourth-order valence-electron chi connectivity index (χ4n) is 5.70. The van der Waals surface area contributed by atoms with Crippen LogP contribution >= 0.6 is 0 Å². The first-order valence-corrected chi connectivity index (χ1v) is 13.7. The van der Waals surface area contributed by atoms with Crippen molar-refractivity contribution in [2.24, 2.45) is 11.3 Å². The van der Waals surface area contributed by atoms with E-state index < -0.39 is 0 Å². The predicted octanol–water partition coefficient (Wildman–Crippen LogP) is 9.58. The standard InChI is InChI=1S/C30H49N/c1-3-5-7-9-10-13-17-27-18-20-28(21-19-27)25-29(26-31)30(23-15-12-16-24-30)22-14-11-8-6-4-2/h18-21,29H,3-17,22-25H2,1-2H3. The van der Waals surface area contributed by atoms with Crippen molar-refractivity contribution >= 4 is 0 Å². The SMILES string of the molecule is CCCCCCCCc1ccc(CC(C#N)C2(CCCCCCC)CCCCC2)cc1. The summed E-state index contributed by atoms with van der Waals surface area (Å²) in [5.74, 6) is 0.184. The molecule has 0 spiro atoms. The summed E-state index contributed by atoms with van der Waals surface area (Å²) in [6, 6.07) is 12.1. The molecular weight excluding hydrogens is 374 g/mol. The van der Waals surface area contributed by atoms with Crippen LogP contribution in [0.2, 0.25) is 0 Å². The minimum atomic E-state index is 0.184. The normalized spacial score (nSPS) is 16.7. The summed E-state index contributed by atoms with van der Waals surface area (Å²) in [6.45, 7) is 4.56. The number of hydrogen-bond acceptors (Lipinski definition) is 1. The van der Waals surface area contributed by atoms with Crippen LogP contribution in [0.3, 0.4) is 0 Å². The molecule has 1 aromatic carbocycles. The third-order valence-electron chi connectivity index (χ3n) is 7.80. The van der Waals surface area contributed by atoms with E-state index in [1.807, 2.05) is 0 Å². The number of unbranched alkanes of at least 4 members (excludes halogenated alkanes) is 9. The van der Waals surface area contributed by atoms with Gasteiger partial charge >= 0.3 is 0 Å².